The fourth-order valence-corrected chi connectivity index (χ4v) is 4.50. The molecule has 0 aliphatic heterocycles. The number of ether oxygens (including phenoxy) is 1. The highest BCUT2D eigenvalue weighted by Gasteiger charge is 2.43. The van der Waals surface area contributed by atoms with Gasteiger partial charge in [0.05, 0.1) is 0 Å². The second kappa shape index (κ2) is 9.49. The number of benzene rings is 2. The van der Waals surface area contributed by atoms with Crippen molar-refractivity contribution in [3.8, 4) is 11.1 Å². The zero-order valence-corrected chi connectivity index (χ0v) is 20.7. The van der Waals surface area contributed by atoms with Gasteiger partial charge in [0.15, 0.2) is 0 Å². The quantitative estimate of drug-likeness (QED) is 0.619. The molecule has 0 heterocycles. The Bertz CT molecular complexity index is 1040. The van der Waals surface area contributed by atoms with Crippen LogP contribution in [0.3, 0.4) is 0 Å². The zero-order chi connectivity index (χ0) is 25.3. The third-order valence-electron chi connectivity index (χ3n) is 6.50. The van der Waals surface area contributed by atoms with E-state index in [1.807, 2.05) is 57.2 Å². The Labute approximate surface area is 201 Å². The number of nitrogens with zero attached hydrogens (tertiary/aromatic N) is 1. The van der Waals surface area contributed by atoms with E-state index in [1.54, 1.807) is 6.92 Å². The molecule has 2 aromatic rings. The van der Waals surface area contributed by atoms with Crippen LogP contribution in [0.1, 0.15) is 58.6 Å². The first-order valence-electron chi connectivity index (χ1n) is 11.6. The summed E-state index contributed by atoms with van der Waals surface area (Å²) < 4.78 is 5.62. The number of fused-ring (bicyclic) bond motifs is 3. The van der Waals surface area contributed by atoms with Gasteiger partial charge in [-0.1, -0.05) is 69.3 Å². The van der Waals surface area contributed by atoms with Crippen molar-refractivity contribution in [2.75, 3.05) is 13.2 Å². The van der Waals surface area contributed by atoms with Crippen LogP contribution in [0, 0.1) is 5.41 Å². The molecule has 2 N–H and O–H groups in total. The maximum absolute atomic E-state index is 13.4. The molecule has 0 radical (unpaired) electrons. The fourth-order valence-electron chi connectivity index (χ4n) is 4.50. The van der Waals surface area contributed by atoms with Crippen molar-refractivity contribution >= 4 is 18.0 Å². The highest BCUT2D eigenvalue weighted by Crippen LogP contribution is 2.44. The van der Waals surface area contributed by atoms with Crippen LogP contribution in [-0.2, 0) is 14.3 Å². The Balaban J connectivity index is 1.77. The van der Waals surface area contributed by atoms with E-state index in [1.165, 1.54) is 18.7 Å². The minimum Gasteiger partial charge on any atom is -0.480 e. The fraction of sp³-hybridized carbons (Fsp3) is 0.444. The maximum Gasteiger partial charge on any atom is 0.407 e. The molecule has 0 fully saturated rings. The number of rotatable bonds is 7. The molecule has 2 amide bonds. The van der Waals surface area contributed by atoms with Crippen LogP contribution in [-0.4, -0.2) is 52.7 Å². The zero-order valence-electron chi connectivity index (χ0n) is 20.7. The third-order valence-corrected chi connectivity index (χ3v) is 6.50. The molecule has 0 saturated heterocycles. The van der Waals surface area contributed by atoms with Crippen LogP contribution < -0.4 is 5.32 Å². The molecule has 182 valence electrons. The average molecular weight is 467 g/mol. The summed E-state index contributed by atoms with van der Waals surface area (Å²) in [6.07, 6.45) is -0.709. The number of likely N-dealkylation sites (N-methyl/N-ethyl adjacent to an activating group) is 1. The van der Waals surface area contributed by atoms with Gasteiger partial charge in [0.25, 0.3) is 0 Å². The van der Waals surface area contributed by atoms with E-state index >= 15 is 0 Å². The van der Waals surface area contributed by atoms with Crippen LogP contribution in [0.25, 0.3) is 11.1 Å². The van der Waals surface area contributed by atoms with Crippen LogP contribution in [0.15, 0.2) is 48.5 Å². The number of carboxylic acid groups (broad SMARTS) is 1. The molecule has 7 nitrogen and oxygen atoms in total. The van der Waals surface area contributed by atoms with Crippen molar-refractivity contribution in [1.82, 2.24) is 10.2 Å². The Morgan fingerprint density at radius 1 is 0.971 bits per heavy atom. The first kappa shape index (κ1) is 25.3. The van der Waals surface area contributed by atoms with E-state index < -0.39 is 35.0 Å². The Morgan fingerprint density at radius 2 is 1.47 bits per heavy atom. The number of aliphatic carboxylic acids is 1. The summed E-state index contributed by atoms with van der Waals surface area (Å²) in [4.78, 5) is 39.3. The Kier molecular flexibility index (Phi) is 7.05. The van der Waals surface area contributed by atoms with Crippen molar-refractivity contribution in [2.45, 2.75) is 59.0 Å². The molecule has 0 bridgehead atoms. The lowest BCUT2D eigenvalue weighted by Gasteiger charge is -2.40. The van der Waals surface area contributed by atoms with Crippen molar-refractivity contribution in [1.29, 1.82) is 0 Å². The number of carbonyl (C=O) groups is 3. The highest BCUT2D eigenvalue weighted by molar-refractivity contribution is 5.91. The van der Waals surface area contributed by atoms with Gasteiger partial charge in [-0.2, -0.15) is 0 Å². The predicted molar refractivity (Wildman–Crippen MR) is 131 cm³/mol. The number of nitrogens with one attached hydrogen (secondary N) is 1. The molecule has 7 heteroatoms. The second-order valence-electron chi connectivity index (χ2n) is 10.2. The summed E-state index contributed by atoms with van der Waals surface area (Å²) in [5.74, 6) is -1.67. The predicted octanol–water partition coefficient (Wildman–Crippen LogP) is 4.65. The minimum absolute atomic E-state index is 0.0972. The molecule has 34 heavy (non-hydrogen) atoms. The first-order chi connectivity index (χ1) is 15.9. The number of carbonyl (C=O) groups excluding carboxylic acids is 2. The molecule has 0 saturated carbocycles. The van der Waals surface area contributed by atoms with Gasteiger partial charge in [0.2, 0.25) is 5.91 Å². The molecule has 1 atom stereocenters. The minimum atomic E-state index is -1.42. The lowest BCUT2D eigenvalue weighted by atomic mass is 9.85. The highest BCUT2D eigenvalue weighted by atomic mass is 16.5. The van der Waals surface area contributed by atoms with Gasteiger partial charge in [-0.25, -0.2) is 9.59 Å². The summed E-state index contributed by atoms with van der Waals surface area (Å²) in [6.45, 7) is 10.5. The van der Waals surface area contributed by atoms with Crippen molar-refractivity contribution < 1.29 is 24.2 Å². The molecule has 1 unspecified atom stereocenters. The van der Waals surface area contributed by atoms with E-state index in [4.69, 9.17) is 4.74 Å². The van der Waals surface area contributed by atoms with Gasteiger partial charge < -0.3 is 20.1 Å². The number of hydrogen-bond donors (Lipinski definition) is 2. The molecule has 2 aromatic carbocycles. The van der Waals surface area contributed by atoms with Gasteiger partial charge in [0.1, 0.15) is 18.2 Å². The van der Waals surface area contributed by atoms with Crippen molar-refractivity contribution in [3.05, 3.63) is 59.7 Å². The van der Waals surface area contributed by atoms with Gasteiger partial charge in [-0.05, 0) is 48.4 Å². The van der Waals surface area contributed by atoms with Crippen LogP contribution >= 0.6 is 0 Å². The number of carboxylic acids is 1. The molecule has 0 aromatic heterocycles. The van der Waals surface area contributed by atoms with Gasteiger partial charge in [0, 0.05) is 12.5 Å². The molecule has 3 rings (SSSR count). The van der Waals surface area contributed by atoms with Crippen LogP contribution in [0.5, 0.6) is 0 Å². The van der Waals surface area contributed by atoms with E-state index in [-0.39, 0.29) is 19.1 Å². The summed E-state index contributed by atoms with van der Waals surface area (Å²) >= 11 is 0. The number of amides is 2. The summed E-state index contributed by atoms with van der Waals surface area (Å²) in [6, 6.07) is 15.2. The molecular weight excluding hydrogens is 432 g/mol. The monoisotopic (exact) mass is 466 g/mol. The Morgan fingerprint density at radius 3 is 1.91 bits per heavy atom. The van der Waals surface area contributed by atoms with Crippen molar-refractivity contribution in [3.63, 3.8) is 0 Å². The van der Waals surface area contributed by atoms with Crippen LogP contribution in [0.2, 0.25) is 0 Å². The van der Waals surface area contributed by atoms with Gasteiger partial charge >= 0.3 is 12.1 Å². The summed E-state index contributed by atoms with van der Waals surface area (Å²) in [7, 11) is 0. The largest absolute Gasteiger partial charge is 0.480 e. The van der Waals surface area contributed by atoms with E-state index in [9.17, 15) is 19.5 Å². The first-order valence-corrected chi connectivity index (χ1v) is 11.6. The number of alkyl carbamates (subject to hydrolysis) is 1. The topological polar surface area (TPSA) is 95.9 Å². The normalized spacial score (nSPS) is 14.1. The summed E-state index contributed by atoms with van der Waals surface area (Å²) in [5, 5.41) is 12.3. The third kappa shape index (κ3) is 4.79. The molecule has 1 aliphatic rings. The second-order valence-corrected chi connectivity index (χ2v) is 10.2. The SMILES string of the molecule is CCN(C(=O)C(NC(=O)OCC1c2ccccc2-c2ccccc21)C(C)(C)C)C(C)(C)C(=O)O. The smallest absolute Gasteiger partial charge is 0.407 e. The van der Waals surface area contributed by atoms with Crippen LogP contribution in [0.4, 0.5) is 4.79 Å². The van der Waals surface area contributed by atoms with E-state index in [2.05, 4.69) is 17.4 Å². The van der Waals surface area contributed by atoms with Crippen molar-refractivity contribution in [2.24, 2.45) is 5.41 Å². The molecule has 0 spiro atoms. The lowest BCUT2D eigenvalue weighted by molar-refractivity contribution is -0.158. The standard InChI is InChI=1S/C27H34N2O5/c1-7-29(27(5,6)24(31)32)23(30)22(26(2,3)4)28-25(33)34-16-21-19-14-10-8-12-17(19)18-13-9-11-15-20(18)21/h8-15,21-22H,7,16H2,1-6H3,(H,28,33)(H,31,32). The van der Waals surface area contributed by atoms with Gasteiger partial charge in [-0.3, -0.25) is 4.79 Å². The maximum atomic E-state index is 13.4. The number of hydrogen-bond acceptors (Lipinski definition) is 4. The Hall–Kier alpha value is -3.35. The van der Waals surface area contributed by atoms with E-state index in [0.29, 0.717) is 0 Å². The van der Waals surface area contributed by atoms with Gasteiger partial charge in [-0.15, -0.1) is 0 Å². The lowest BCUT2D eigenvalue weighted by Crippen LogP contribution is -2.61. The summed E-state index contributed by atoms with van der Waals surface area (Å²) in [5.41, 5.74) is 2.37. The average Bonchev–Trinajstić information content (AvgIpc) is 3.09. The molecule has 1 aliphatic carbocycles. The van der Waals surface area contributed by atoms with E-state index in [0.717, 1.165) is 22.3 Å². The molecular formula is C27H34N2O5.